The molecule has 1 aliphatic carbocycles. The third-order valence-electron chi connectivity index (χ3n) is 3.08. The first-order valence-electron chi connectivity index (χ1n) is 5.85. The molecule has 0 bridgehead atoms. The summed E-state index contributed by atoms with van der Waals surface area (Å²) in [6.45, 7) is 2.29. The minimum atomic E-state index is 0.0369. The van der Waals surface area contributed by atoms with E-state index < -0.39 is 0 Å². The number of carbonyl (C=O) groups excluding carboxylic acids is 1. The van der Waals surface area contributed by atoms with Crippen LogP contribution in [0.25, 0.3) is 0 Å². The van der Waals surface area contributed by atoms with Crippen LogP contribution in [0.2, 0.25) is 0 Å². The van der Waals surface area contributed by atoms with Crippen LogP contribution in [-0.4, -0.2) is 17.4 Å². The summed E-state index contributed by atoms with van der Waals surface area (Å²) >= 11 is 0. The SMILES string of the molecule is CC(=O)c1ccc(OCC2CCCC2)nc1. The second-order valence-electron chi connectivity index (χ2n) is 4.40. The lowest BCUT2D eigenvalue weighted by molar-refractivity contribution is 0.101. The lowest BCUT2D eigenvalue weighted by Crippen LogP contribution is -2.09. The number of rotatable bonds is 4. The van der Waals surface area contributed by atoms with Gasteiger partial charge in [0, 0.05) is 17.8 Å². The van der Waals surface area contributed by atoms with Crippen LogP contribution in [0.5, 0.6) is 5.88 Å². The molecular formula is C13H17NO2. The molecule has 86 valence electrons. The molecule has 0 aliphatic heterocycles. The number of pyridine rings is 1. The summed E-state index contributed by atoms with van der Waals surface area (Å²) in [5.41, 5.74) is 0.633. The molecule has 1 aromatic heterocycles. The fourth-order valence-corrected chi connectivity index (χ4v) is 2.05. The first-order chi connectivity index (χ1) is 7.75. The van der Waals surface area contributed by atoms with Crippen LogP contribution in [0.3, 0.4) is 0 Å². The summed E-state index contributed by atoms with van der Waals surface area (Å²) in [6, 6.07) is 3.53. The molecule has 1 saturated carbocycles. The Morgan fingerprint density at radius 3 is 2.75 bits per heavy atom. The Balaban J connectivity index is 1.87. The van der Waals surface area contributed by atoms with Gasteiger partial charge in [0.25, 0.3) is 0 Å². The predicted molar refractivity (Wildman–Crippen MR) is 61.7 cm³/mol. The fourth-order valence-electron chi connectivity index (χ4n) is 2.05. The van der Waals surface area contributed by atoms with Crippen molar-refractivity contribution in [3.05, 3.63) is 23.9 Å². The van der Waals surface area contributed by atoms with Gasteiger partial charge in [-0.1, -0.05) is 12.8 Å². The number of nitrogens with zero attached hydrogens (tertiary/aromatic N) is 1. The number of hydrogen-bond acceptors (Lipinski definition) is 3. The smallest absolute Gasteiger partial charge is 0.213 e. The van der Waals surface area contributed by atoms with Crippen LogP contribution in [0.1, 0.15) is 43.0 Å². The Hall–Kier alpha value is -1.38. The third-order valence-corrected chi connectivity index (χ3v) is 3.08. The van der Waals surface area contributed by atoms with Crippen molar-refractivity contribution in [1.29, 1.82) is 0 Å². The third kappa shape index (κ3) is 2.81. The lowest BCUT2D eigenvalue weighted by atomic mass is 10.1. The van der Waals surface area contributed by atoms with Crippen LogP contribution in [0.4, 0.5) is 0 Å². The maximum Gasteiger partial charge on any atom is 0.213 e. The van der Waals surface area contributed by atoms with Gasteiger partial charge in [-0.25, -0.2) is 4.98 Å². The normalized spacial score (nSPS) is 16.3. The zero-order valence-corrected chi connectivity index (χ0v) is 9.61. The van der Waals surface area contributed by atoms with Crippen LogP contribution in [-0.2, 0) is 0 Å². The number of hydrogen-bond donors (Lipinski definition) is 0. The van der Waals surface area contributed by atoms with E-state index in [2.05, 4.69) is 4.98 Å². The second-order valence-corrected chi connectivity index (χ2v) is 4.40. The van der Waals surface area contributed by atoms with Gasteiger partial charge in [-0.15, -0.1) is 0 Å². The molecule has 0 aromatic carbocycles. The van der Waals surface area contributed by atoms with Crippen molar-refractivity contribution in [3.63, 3.8) is 0 Å². The van der Waals surface area contributed by atoms with Gasteiger partial charge in [0.2, 0.25) is 5.88 Å². The molecule has 2 rings (SSSR count). The van der Waals surface area contributed by atoms with E-state index in [4.69, 9.17) is 4.74 Å². The number of carbonyl (C=O) groups is 1. The predicted octanol–water partition coefficient (Wildman–Crippen LogP) is 2.85. The molecule has 16 heavy (non-hydrogen) atoms. The molecule has 0 radical (unpaired) electrons. The summed E-state index contributed by atoms with van der Waals surface area (Å²) in [7, 11) is 0. The number of ketones is 1. The van der Waals surface area contributed by atoms with E-state index in [0.29, 0.717) is 17.4 Å². The topological polar surface area (TPSA) is 39.2 Å². The number of Topliss-reactive ketones (excluding diaryl/α,β-unsaturated/α-hetero) is 1. The lowest BCUT2D eigenvalue weighted by Gasteiger charge is -2.10. The highest BCUT2D eigenvalue weighted by Gasteiger charge is 2.15. The van der Waals surface area contributed by atoms with Gasteiger partial charge in [-0.3, -0.25) is 4.79 Å². The molecule has 1 aliphatic rings. The molecule has 1 heterocycles. The van der Waals surface area contributed by atoms with E-state index in [1.165, 1.54) is 32.6 Å². The zero-order chi connectivity index (χ0) is 11.4. The van der Waals surface area contributed by atoms with Crippen molar-refractivity contribution in [2.24, 2.45) is 5.92 Å². The van der Waals surface area contributed by atoms with Gasteiger partial charge in [-0.2, -0.15) is 0 Å². The largest absolute Gasteiger partial charge is 0.477 e. The minimum absolute atomic E-state index is 0.0369. The van der Waals surface area contributed by atoms with Gasteiger partial charge < -0.3 is 4.74 Å². The van der Waals surface area contributed by atoms with E-state index in [-0.39, 0.29) is 5.78 Å². The first kappa shape index (κ1) is 11.1. The average molecular weight is 219 g/mol. The summed E-state index contributed by atoms with van der Waals surface area (Å²) < 4.78 is 5.60. The fraction of sp³-hybridized carbons (Fsp3) is 0.538. The van der Waals surface area contributed by atoms with Crippen LogP contribution in [0, 0.1) is 5.92 Å². The van der Waals surface area contributed by atoms with Crippen molar-refractivity contribution in [1.82, 2.24) is 4.98 Å². The molecule has 1 fully saturated rings. The van der Waals surface area contributed by atoms with Gasteiger partial charge in [0.05, 0.1) is 6.61 Å². The highest BCUT2D eigenvalue weighted by molar-refractivity contribution is 5.93. The van der Waals surface area contributed by atoms with Crippen LogP contribution < -0.4 is 4.74 Å². The summed E-state index contributed by atoms with van der Waals surface area (Å²) in [5, 5.41) is 0. The Morgan fingerprint density at radius 2 is 2.19 bits per heavy atom. The monoisotopic (exact) mass is 219 g/mol. The molecular weight excluding hydrogens is 202 g/mol. The molecule has 0 N–H and O–H groups in total. The molecule has 3 nitrogen and oxygen atoms in total. The Labute approximate surface area is 95.8 Å². The molecule has 1 aromatic rings. The maximum atomic E-state index is 11.0. The molecule has 3 heteroatoms. The molecule has 0 saturated heterocycles. The van der Waals surface area contributed by atoms with E-state index in [0.717, 1.165) is 6.61 Å². The Bertz CT molecular complexity index is 353. The van der Waals surface area contributed by atoms with Gasteiger partial charge in [0.15, 0.2) is 5.78 Å². The van der Waals surface area contributed by atoms with Crippen molar-refractivity contribution in [3.8, 4) is 5.88 Å². The van der Waals surface area contributed by atoms with Gasteiger partial charge >= 0.3 is 0 Å². The van der Waals surface area contributed by atoms with Gasteiger partial charge in [0.1, 0.15) is 0 Å². The van der Waals surface area contributed by atoms with Crippen molar-refractivity contribution in [2.45, 2.75) is 32.6 Å². The van der Waals surface area contributed by atoms with Crippen molar-refractivity contribution in [2.75, 3.05) is 6.61 Å². The minimum Gasteiger partial charge on any atom is -0.477 e. The quantitative estimate of drug-likeness (QED) is 0.731. The zero-order valence-electron chi connectivity index (χ0n) is 9.61. The molecule has 0 amide bonds. The van der Waals surface area contributed by atoms with E-state index in [9.17, 15) is 4.79 Å². The maximum absolute atomic E-state index is 11.0. The summed E-state index contributed by atoms with van der Waals surface area (Å²) in [4.78, 5) is 15.2. The van der Waals surface area contributed by atoms with Crippen molar-refractivity contribution >= 4 is 5.78 Å². The first-order valence-corrected chi connectivity index (χ1v) is 5.85. The summed E-state index contributed by atoms with van der Waals surface area (Å²) in [5.74, 6) is 1.35. The van der Waals surface area contributed by atoms with Crippen LogP contribution in [0.15, 0.2) is 18.3 Å². The Morgan fingerprint density at radius 1 is 1.44 bits per heavy atom. The number of ether oxygens (including phenoxy) is 1. The van der Waals surface area contributed by atoms with Gasteiger partial charge in [-0.05, 0) is 31.7 Å². The standard InChI is InChI=1S/C13H17NO2/c1-10(15)12-6-7-13(14-8-12)16-9-11-4-2-3-5-11/h6-8,11H,2-5,9H2,1H3. The molecule has 0 spiro atoms. The van der Waals surface area contributed by atoms with Crippen LogP contribution >= 0.6 is 0 Å². The summed E-state index contributed by atoms with van der Waals surface area (Å²) in [6.07, 6.45) is 6.76. The van der Waals surface area contributed by atoms with E-state index >= 15 is 0 Å². The molecule has 0 unspecified atom stereocenters. The van der Waals surface area contributed by atoms with E-state index in [1.54, 1.807) is 18.3 Å². The van der Waals surface area contributed by atoms with E-state index in [1.807, 2.05) is 0 Å². The number of aromatic nitrogens is 1. The van der Waals surface area contributed by atoms with Crippen molar-refractivity contribution < 1.29 is 9.53 Å². The highest BCUT2D eigenvalue weighted by Crippen LogP contribution is 2.25. The Kier molecular flexibility index (Phi) is 3.54. The highest BCUT2D eigenvalue weighted by atomic mass is 16.5. The second kappa shape index (κ2) is 5.10. The average Bonchev–Trinajstić information content (AvgIpc) is 2.80. The molecule has 0 atom stereocenters.